The lowest BCUT2D eigenvalue weighted by atomic mass is 9.74. The molecule has 0 spiro atoms. The molecule has 0 amide bonds. The van der Waals surface area contributed by atoms with Crippen LogP contribution in [0.1, 0.15) is 44.3 Å². The SMILES string of the molecule is CC1CCC(O)(C(O)c2cccc3ccccc23)CC1. The topological polar surface area (TPSA) is 40.5 Å². The Labute approximate surface area is 120 Å². The molecule has 3 rings (SSSR count). The van der Waals surface area contributed by atoms with Gasteiger partial charge in [0.25, 0.3) is 0 Å². The Morgan fingerprint density at radius 3 is 2.45 bits per heavy atom. The van der Waals surface area contributed by atoms with Crippen LogP contribution < -0.4 is 0 Å². The summed E-state index contributed by atoms with van der Waals surface area (Å²) >= 11 is 0. The van der Waals surface area contributed by atoms with Gasteiger partial charge >= 0.3 is 0 Å². The van der Waals surface area contributed by atoms with Crippen LogP contribution in [0.3, 0.4) is 0 Å². The molecule has 2 heteroatoms. The summed E-state index contributed by atoms with van der Waals surface area (Å²) in [6.45, 7) is 2.21. The molecule has 2 aromatic carbocycles. The Kier molecular flexibility index (Phi) is 3.53. The molecule has 106 valence electrons. The van der Waals surface area contributed by atoms with Crippen LogP contribution in [0.15, 0.2) is 42.5 Å². The first-order valence-electron chi connectivity index (χ1n) is 7.48. The number of hydrogen-bond donors (Lipinski definition) is 2. The summed E-state index contributed by atoms with van der Waals surface area (Å²) in [7, 11) is 0. The van der Waals surface area contributed by atoms with Gasteiger partial charge < -0.3 is 10.2 Å². The van der Waals surface area contributed by atoms with E-state index in [9.17, 15) is 10.2 Å². The van der Waals surface area contributed by atoms with E-state index < -0.39 is 11.7 Å². The van der Waals surface area contributed by atoms with Crippen molar-refractivity contribution in [2.45, 2.75) is 44.3 Å². The molecular weight excluding hydrogens is 248 g/mol. The van der Waals surface area contributed by atoms with Crippen molar-refractivity contribution < 1.29 is 10.2 Å². The summed E-state index contributed by atoms with van der Waals surface area (Å²) in [5.41, 5.74) is -0.128. The Balaban J connectivity index is 1.98. The first-order chi connectivity index (χ1) is 9.60. The number of hydrogen-bond acceptors (Lipinski definition) is 2. The minimum atomic E-state index is -0.976. The molecule has 2 N–H and O–H groups in total. The third-order valence-corrected chi connectivity index (χ3v) is 4.77. The number of fused-ring (bicyclic) bond motifs is 1. The molecule has 1 aliphatic carbocycles. The molecule has 1 unspecified atom stereocenters. The van der Waals surface area contributed by atoms with Gasteiger partial charge in [-0.3, -0.25) is 0 Å². The summed E-state index contributed by atoms with van der Waals surface area (Å²) in [6.07, 6.45) is 2.52. The number of rotatable bonds is 2. The minimum absolute atomic E-state index is 0.648. The zero-order chi connectivity index (χ0) is 14.2. The molecular formula is C18H22O2. The fraction of sp³-hybridized carbons (Fsp3) is 0.444. The van der Waals surface area contributed by atoms with Gasteiger partial charge in [0.15, 0.2) is 0 Å². The van der Waals surface area contributed by atoms with Gasteiger partial charge in [0.2, 0.25) is 0 Å². The molecule has 0 heterocycles. The second kappa shape index (κ2) is 5.19. The van der Waals surface area contributed by atoms with Crippen LogP contribution in [0.2, 0.25) is 0 Å². The van der Waals surface area contributed by atoms with Crippen LogP contribution in [-0.4, -0.2) is 15.8 Å². The standard InChI is InChI=1S/C18H22O2/c1-13-9-11-18(20,12-10-13)17(19)16-8-4-6-14-5-2-3-7-15(14)16/h2-8,13,17,19-20H,9-12H2,1H3. The highest BCUT2D eigenvalue weighted by Gasteiger charge is 2.39. The third kappa shape index (κ3) is 2.34. The lowest BCUT2D eigenvalue weighted by molar-refractivity contribution is -0.105. The Bertz CT molecular complexity index is 592. The van der Waals surface area contributed by atoms with E-state index in [1.807, 2.05) is 42.5 Å². The van der Waals surface area contributed by atoms with Crippen molar-refractivity contribution in [2.75, 3.05) is 0 Å². The molecule has 0 aliphatic heterocycles. The monoisotopic (exact) mass is 270 g/mol. The highest BCUT2D eigenvalue weighted by molar-refractivity contribution is 5.86. The van der Waals surface area contributed by atoms with Gasteiger partial charge in [-0.25, -0.2) is 0 Å². The Morgan fingerprint density at radius 2 is 1.70 bits per heavy atom. The highest BCUT2D eigenvalue weighted by Crippen LogP contribution is 2.41. The van der Waals surface area contributed by atoms with Crippen LogP contribution in [0.25, 0.3) is 10.8 Å². The normalized spacial score (nSPS) is 28.4. The van der Waals surface area contributed by atoms with Crippen LogP contribution in [-0.2, 0) is 0 Å². The predicted molar refractivity (Wildman–Crippen MR) is 81.5 cm³/mol. The van der Waals surface area contributed by atoms with Crippen molar-refractivity contribution in [2.24, 2.45) is 5.92 Å². The van der Waals surface area contributed by atoms with Crippen molar-refractivity contribution >= 4 is 10.8 Å². The summed E-state index contributed by atoms with van der Waals surface area (Å²) in [5, 5.41) is 23.7. The molecule has 20 heavy (non-hydrogen) atoms. The van der Waals surface area contributed by atoms with Gasteiger partial charge in [-0.1, -0.05) is 49.4 Å². The van der Waals surface area contributed by atoms with Gasteiger partial charge in [-0.05, 0) is 47.9 Å². The number of aliphatic hydroxyl groups is 2. The molecule has 0 bridgehead atoms. The summed E-state index contributed by atoms with van der Waals surface area (Å²) in [6, 6.07) is 14.0. The molecule has 0 saturated heterocycles. The van der Waals surface area contributed by atoms with Gasteiger partial charge in [-0.2, -0.15) is 0 Å². The maximum Gasteiger partial charge on any atom is 0.108 e. The highest BCUT2D eigenvalue weighted by atomic mass is 16.3. The van der Waals surface area contributed by atoms with Crippen molar-refractivity contribution in [3.05, 3.63) is 48.0 Å². The first kappa shape index (κ1) is 13.6. The average molecular weight is 270 g/mol. The summed E-state index contributed by atoms with van der Waals surface area (Å²) in [4.78, 5) is 0. The lowest BCUT2D eigenvalue weighted by Crippen LogP contribution is -2.39. The summed E-state index contributed by atoms with van der Waals surface area (Å²) in [5.74, 6) is 0.648. The maximum absolute atomic E-state index is 10.8. The lowest BCUT2D eigenvalue weighted by Gasteiger charge is -2.39. The summed E-state index contributed by atoms with van der Waals surface area (Å²) < 4.78 is 0. The maximum atomic E-state index is 10.8. The zero-order valence-electron chi connectivity index (χ0n) is 11.9. The van der Waals surface area contributed by atoms with E-state index in [1.165, 1.54) is 0 Å². The Hall–Kier alpha value is -1.38. The van der Waals surface area contributed by atoms with Crippen molar-refractivity contribution in [3.63, 3.8) is 0 Å². The van der Waals surface area contributed by atoms with Gasteiger partial charge in [0, 0.05) is 0 Å². The molecule has 0 radical (unpaired) electrons. The first-order valence-corrected chi connectivity index (χ1v) is 7.48. The fourth-order valence-electron chi connectivity index (χ4n) is 3.31. The zero-order valence-corrected chi connectivity index (χ0v) is 11.9. The predicted octanol–water partition coefficient (Wildman–Crippen LogP) is 3.81. The van der Waals surface area contributed by atoms with Crippen molar-refractivity contribution in [3.8, 4) is 0 Å². The molecule has 1 aliphatic rings. The molecule has 1 saturated carbocycles. The van der Waals surface area contributed by atoms with E-state index >= 15 is 0 Å². The van der Waals surface area contributed by atoms with Crippen molar-refractivity contribution in [1.29, 1.82) is 0 Å². The minimum Gasteiger partial charge on any atom is -0.387 e. The van der Waals surface area contributed by atoms with E-state index in [0.717, 1.165) is 29.2 Å². The van der Waals surface area contributed by atoms with Crippen LogP contribution >= 0.6 is 0 Å². The second-order valence-corrected chi connectivity index (χ2v) is 6.26. The van der Waals surface area contributed by atoms with Crippen LogP contribution in [0.4, 0.5) is 0 Å². The molecule has 2 aromatic rings. The largest absolute Gasteiger partial charge is 0.387 e. The third-order valence-electron chi connectivity index (χ3n) is 4.77. The number of aliphatic hydroxyl groups excluding tert-OH is 1. The molecule has 1 atom stereocenters. The van der Waals surface area contributed by atoms with E-state index in [4.69, 9.17) is 0 Å². The van der Waals surface area contributed by atoms with E-state index in [-0.39, 0.29) is 0 Å². The van der Waals surface area contributed by atoms with Crippen LogP contribution in [0.5, 0.6) is 0 Å². The number of benzene rings is 2. The quantitative estimate of drug-likeness (QED) is 0.871. The van der Waals surface area contributed by atoms with Gasteiger partial charge in [0.05, 0.1) is 5.60 Å². The van der Waals surface area contributed by atoms with Crippen LogP contribution in [0, 0.1) is 5.92 Å². The average Bonchev–Trinajstić information content (AvgIpc) is 2.49. The van der Waals surface area contributed by atoms with Gasteiger partial charge in [0.1, 0.15) is 6.10 Å². The van der Waals surface area contributed by atoms with E-state index in [1.54, 1.807) is 0 Å². The second-order valence-electron chi connectivity index (χ2n) is 6.26. The Morgan fingerprint density at radius 1 is 1.05 bits per heavy atom. The van der Waals surface area contributed by atoms with E-state index in [2.05, 4.69) is 6.92 Å². The molecule has 2 nitrogen and oxygen atoms in total. The molecule has 1 fully saturated rings. The van der Waals surface area contributed by atoms with Gasteiger partial charge in [-0.15, -0.1) is 0 Å². The molecule has 0 aromatic heterocycles. The van der Waals surface area contributed by atoms with E-state index in [0.29, 0.717) is 18.8 Å². The van der Waals surface area contributed by atoms with Crippen molar-refractivity contribution in [1.82, 2.24) is 0 Å². The fourth-order valence-corrected chi connectivity index (χ4v) is 3.31. The smallest absolute Gasteiger partial charge is 0.108 e.